The molecule has 2 saturated heterocycles. The molecular formula is C41H63NO10Si3. The van der Waals surface area contributed by atoms with E-state index in [2.05, 4.69) is 55.4 Å². The number of rotatable bonds is 12. The molecule has 2 aliphatic heterocycles. The van der Waals surface area contributed by atoms with Crippen molar-refractivity contribution in [3.8, 4) is 0 Å². The van der Waals surface area contributed by atoms with Crippen molar-refractivity contribution >= 4 is 43.1 Å². The van der Waals surface area contributed by atoms with Crippen LogP contribution in [-0.4, -0.2) is 89.3 Å². The van der Waals surface area contributed by atoms with Crippen molar-refractivity contribution in [3.05, 3.63) is 71.8 Å². The van der Waals surface area contributed by atoms with E-state index >= 15 is 4.79 Å². The largest absolute Gasteiger partial charge is 0.459 e. The lowest BCUT2D eigenvalue weighted by atomic mass is 9.63. The maximum absolute atomic E-state index is 15.8. The van der Waals surface area contributed by atoms with Crippen LogP contribution < -0.4 is 0 Å². The van der Waals surface area contributed by atoms with Crippen LogP contribution in [0.25, 0.3) is 0 Å². The SMILES string of the molecule is CC(C)[Si]1(C(C)C)OC2C(O[Si](C(C)C)(C(C)C)O1)C1(CC(=O)N1OCc1ccccc1)C(=O)C(O[Si](C)(C)C(C)(C)C)C2(O)COC(=O)c1ccccc1. The van der Waals surface area contributed by atoms with Gasteiger partial charge in [0, 0.05) is 0 Å². The summed E-state index contributed by atoms with van der Waals surface area (Å²) in [7, 11) is -9.74. The minimum absolute atomic E-state index is 0.0106. The van der Waals surface area contributed by atoms with E-state index in [1.165, 1.54) is 0 Å². The number of benzene rings is 2. The van der Waals surface area contributed by atoms with Gasteiger partial charge < -0.3 is 27.2 Å². The highest BCUT2D eigenvalue weighted by molar-refractivity contribution is 6.84. The van der Waals surface area contributed by atoms with Gasteiger partial charge in [-0.2, -0.15) is 0 Å². The molecule has 2 heterocycles. The Bertz CT molecular complexity index is 1680. The molecule has 1 spiro atoms. The van der Waals surface area contributed by atoms with Gasteiger partial charge in [-0.3, -0.25) is 14.4 Å². The normalized spacial score (nSPS) is 28.1. The number of carbonyl (C=O) groups excluding carboxylic acids is 3. The first-order chi connectivity index (χ1) is 25.5. The third-order valence-corrected chi connectivity index (χ3v) is 27.1. The Morgan fingerprint density at radius 1 is 0.855 bits per heavy atom. The van der Waals surface area contributed by atoms with Crippen molar-refractivity contribution in [2.45, 2.75) is 159 Å². The maximum atomic E-state index is 15.8. The van der Waals surface area contributed by atoms with Gasteiger partial charge in [0.2, 0.25) is 5.91 Å². The second-order valence-corrected chi connectivity index (χ2v) is 31.9. The number of hydrogen-bond acceptors (Lipinski definition) is 10. The van der Waals surface area contributed by atoms with Crippen LogP contribution in [0.2, 0.25) is 40.3 Å². The predicted molar refractivity (Wildman–Crippen MR) is 217 cm³/mol. The van der Waals surface area contributed by atoms with E-state index in [0.29, 0.717) is 0 Å². The lowest BCUT2D eigenvalue weighted by Gasteiger charge is -2.62. The van der Waals surface area contributed by atoms with Crippen molar-refractivity contribution in [3.63, 3.8) is 0 Å². The monoisotopic (exact) mass is 813 g/mol. The molecule has 304 valence electrons. The number of hydrogen-bond donors (Lipinski definition) is 1. The molecule has 0 aromatic heterocycles. The van der Waals surface area contributed by atoms with Crippen molar-refractivity contribution in [2.75, 3.05) is 6.61 Å². The summed E-state index contributed by atoms with van der Waals surface area (Å²) in [6.07, 6.45) is -4.42. The molecule has 3 aliphatic rings. The number of amides is 1. The van der Waals surface area contributed by atoms with Crippen LogP contribution in [0.4, 0.5) is 0 Å². The van der Waals surface area contributed by atoms with Gasteiger partial charge in [0.25, 0.3) is 0 Å². The predicted octanol–water partition coefficient (Wildman–Crippen LogP) is 7.98. The molecule has 11 nitrogen and oxygen atoms in total. The molecule has 2 aromatic carbocycles. The summed E-state index contributed by atoms with van der Waals surface area (Å²) in [6, 6.07) is 17.9. The summed E-state index contributed by atoms with van der Waals surface area (Å²) >= 11 is 0. The molecule has 5 unspecified atom stereocenters. The summed E-state index contributed by atoms with van der Waals surface area (Å²) in [5.74, 6) is -1.65. The third-order valence-electron chi connectivity index (χ3n) is 12.4. The van der Waals surface area contributed by atoms with E-state index in [4.69, 9.17) is 27.0 Å². The molecule has 2 aromatic rings. The first-order valence-electron chi connectivity index (χ1n) is 19.7. The van der Waals surface area contributed by atoms with Crippen molar-refractivity contribution < 1.29 is 46.5 Å². The first kappa shape index (κ1) is 43.6. The number of esters is 1. The zero-order valence-corrected chi connectivity index (χ0v) is 38.0. The fraction of sp³-hybridized carbons (Fsp3) is 0.634. The van der Waals surface area contributed by atoms with Crippen molar-refractivity contribution in [1.29, 1.82) is 0 Å². The summed E-state index contributed by atoms with van der Waals surface area (Å²) in [4.78, 5) is 49.6. The minimum atomic E-state index is -3.44. The number of nitrogens with zero attached hydrogens (tertiary/aromatic N) is 1. The topological polar surface area (TPSA) is 130 Å². The Balaban J connectivity index is 1.79. The molecule has 1 N–H and O–H groups in total. The first-order valence-corrected chi connectivity index (χ1v) is 26.6. The number of hydroxylamine groups is 2. The Morgan fingerprint density at radius 3 is 1.82 bits per heavy atom. The van der Waals surface area contributed by atoms with Gasteiger partial charge in [0.15, 0.2) is 25.2 Å². The molecule has 3 fully saturated rings. The maximum Gasteiger partial charge on any atom is 0.338 e. The quantitative estimate of drug-likeness (QED) is 0.128. The number of Topliss-reactive ketones (excluding diaryl/α,β-unsaturated/α-hetero) is 1. The third kappa shape index (κ3) is 7.51. The van der Waals surface area contributed by atoms with Gasteiger partial charge in [0.1, 0.15) is 31.5 Å². The Kier molecular flexibility index (Phi) is 12.4. The van der Waals surface area contributed by atoms with Gasteiger partial charge in [-0.25, -0.2) is 9.86 Å². The van der Waals surface area contributed by atoms with E-state index in [1.807, 2.05) is 64.2 Å². The zero-order valence-electron chi connectivity index (χ0n) is 35.0. The van der Waals surface area contributed by atoms with Crippen LogP contribution >= 0.6 is 0 Å². The van der Waals surface area contributed by atoms with Gasteiger partial charge in [-0.05, 0) is 58.0 Å². The number of ketones is 1. The van der Waals surface area contributed by atoms with Crippen molar-refractivity contribution in [1.82, 2.24) is 5.06 Å². The molecule has 1 amide bonds. The Labute approximate surface area is 330 Å². The van der Waals surface area contributed by atoms with Crippen LogP contribution in [0, 0.1) is 0 Å². The lowest BCUT2D eigenvalue weighted by Crippen LogP contribution is -2.86. The molecule has 5 rings (SSSR count). The van der Waals surface area contributed by atoms with Gasteiger partial charge in [-0.1, -0.05) is 125 Å². The molecule has 55 heavy (non-hydrogen) atoms. The standard InChI is InChI=1S/C41H63NO10Si3/c1-27(2)54(28(3)4)50-36-37(51-55(52-54,29(5)6)30(7)8)41(46,26-47-38(45)32-22-18-15-19-23-32)35(49-53(12,13)39(9,10)11)34(44)40(36)24-33(43)42(40)48-25-31-20-16-14-17-21-31/h14-23,27-30,35-37,46H,24-26H2,1-13H3. The summed E-state index contributed by atoms with van der Waals surface area (Å²) in [6.45, 7) is 26.0. The van der Waals surface area contributed by atoms with Gasteiger partial charge in [0.05, 0.1) is 12.0 Å². The minimum Gasteiger partial charge on any atom is -0.459 e. The van der Waals surface area contributed by atoms with Crippen LogP contribution in [0.5, 0.6) is 0 Å². The molecule has 1 saturated carbocycles. The molecule has 5 atom stereocenters. The van der Waals surface area contributed by atoms with Crippen LogP contribution in [-0.2, 0) is 43.2 Å². The fourth-order valence-corrected chi connectivity index (χ4v) is 20.7. The molecule has 0 radical (unpaired) electrons. The highest BCUT2D eigenvalue weighted by atomic mass is 28.5. The number of ether oxygens (including phenoxy) is 1. The number of carbonyl (C=O) groups is 3. The number of aliphatic hydroxyl groups is 1. The summed E-state index contributed by atoms with van der Waals surface area (Å²) < 4.78 is 35.4. The Hall–Kier alpha value is -2.54. The van der Waals surface area contributed by atoms with Crippen molar-refractivity contribution in [2.24, 2.45) is 0 Å². The van der Waals surface area contributed by atoms with E-state index in [1.54, 1.807) is 30.3 Å². The second kappa shape index (κ2) is 15.7. The summed E-state index contributed by atoms with van der Waals surface area (Å²) in [5, 5.41) is 14.3. The number of fused-ring (bicyclic) bond motifs is 2. The summed E-state index contributed by atoms with van der Waals surface area (Å²) in [5.41, 5.74) is -3.42. The van der Waals surface area contributed by atoms with Gasteiger partial charge in [-0.15, -0.1) is 0 Å². The highest BCUT2D eigenvalue weighted by Crippen LogP contribution is 2.57. The van der Waals surface area contributed by atoms with Crippen LogP contribution in [0.3, 0.4) is 0 Å². The zero-order chi connectivity index (χ0) is 40.9. The average molecular weight is 814 g/mol. The number of β-lactam (4-membered cyclic amide) rings is 1. The van der Waals surface area contributed by atoms with Gasteiger partial charge >= 0.3 is 23.1 Å². The van der Waals surface area contributed by atoms with E-state index in [0.717, 1.165) is 10.6 Å². The highest BCUT2D eigenvalue weighted by Gasteiger charge is 2.79. The Morgan fingerprint density at radius 2 is 1.35 bits per heavy atom. The smallest absolute Gasteiger partial charge is 0.338 e. The van der Waals surface area contributed by atoms with Crippen LogP contribution in [0.15, 0.2) is 60.7 Å². The second-order valence-electron chi connectivity index (χ2n) is 18.3. The molecule has 1 aliphatic carbocycles. The fourth-order valence-electron chi connectivity index (χ4n) is 8.06. The lowest BCUT2D eigenvalue weighted by molar-refractivity contribution is -0.303. The van der Waals surface area contributed by atoms with E-state index < -0.39 is 84.2 Å². The van der Waals surface area contributed by atoms with E-state index in [9.17, 15) is 14.7 Å². The van der Waals surface area contributed by atoms with Crippen LogP contribution in [0.1, 0.15) is 98.5 Å². The van der Waals surface area contributed by atoms with E-state index in [-0.39, 0.29) is 40.8 Å². The average Bonchev–Trinajstić information content (AvgIpc) is 3.29. The molecular weight excluding hydrogens is 751 g/mol. The molecule has 0 bridgehead atoms. The molecule has 14 heteroatoms.